The van der Waals surface area contributed by atoms with E-state index in [0.717, 1.165) is 30.4 Å². The molecule has 0 unspecified atom stereocenters. The fourth-order valence-corrected chi connectivity index (χ4v) is 2.51. The predicted molar refractivity (Wildman–Crippen MR) is 81.8 cm³/mol. The monoisotopic (exact) mass is 308 g/mol. The van der Waals surface area contributed by atoms with Gasteiger partial charge in [-0.15, -0.1) is 0 Å². The minimum absolute atomic E-state index is 0.346. The van der Waals surface area contributed by atoms with E-state index in [-0.39, 0.29) is 6.10 Å². The average molecular weight is 308 g/mol. The summed E-state index contributed by atoms with van der Waals surface area (Å²) in [5.74, 6) is 0.217. The summed E-state index contributed by atoms with van der Waals surface area (Å²) in [6, 6.07) is 7.55. The summed E-state index contributed by atoms with van der Waals surface area (Å²) in [5.41, 5.74) is 0.976. The molecular weight excluding hydrogens is 284 g/mol. The largest absolute Gasteiger partial charge is 0.497 e. The zero-order chi connectivity index (χ0) is 16.0. The molecule has 122 valence electrons. The Morgan fingerprint density at radius 1 is 1.32 bits per heavy atom. The number of aldehydes is 1. The maximum Gasteiger partial charge on any atom is 0.168 e. The maximum atomic E-state index is 11.3. The van der Waals surface area contributed by atoms with Gasteiger partial charge in [-0.2, -0.15) is 0 Å². The number of hydrogen-bond acceptors (Lipinski definition) is 5. The third-order valence-corrected chi connectivity index (χ3v) is 4.06. The lowest BCUT2D eigenvalue weighted by Gasteiger charge is -2.26. The van der Waals surface area contributed by atoms with E-state index in [2.05, 4.69) is 0 Å². The van der Waals surface area contributed by atoms with Crippen LogP contribution in [0.3, 0.4) is 0 Å². The fraction of sp³-hybridized carbons (Fsp3) is 0.588. The second-order valence-electron chi connectivity index (χ2n) is 5.34. The van der Waals surface area contributed by atoms with Crippen molar-refractivity contribution in [2.45, 2.75) is 51.3 Å². The Labute approximate surface area is 131 Å². The van der Waals surface area contributed by atoms with E-state index in [1.54, 1.807) is 7.11 Å². The van der Waals surface area contributed by atoms with E-state index < -0.39 is 11.9 Å². The van der Waals surface area contributed by atoms with Crippen LogP contribution in [0.2, 0.25) is 0 Å². The van der Waals surface area contributed by atoms with E-state index >= 15 is 0 Å². The summed E-state index contributed by atoms with van der Waals surface area (Å²) in [6.07, 6.45) is 1.32. The van der Waals surface area contributed by atoms with Crippen LogP contribution in [-0.2, 0) is 25.6 Å². The highest BCUT2D eigenvalue weighted by molar-refractivity contribution is 5.57. The van der Waals surface area contributed by atoms with Gasteiger partial charge in [0.05, 0.1) is 20.3 Å². The first kappa shape index (κ1) is 16.9. The number of carbonyl (C=O) groups excluding carboxylic acids is 1. The van der Waals surface area contributed by atoms with Crippen LogP contribution in [0.25, 0.3) is 0 Å². The van der Waals surface area contributed by atoms with Crippen molar-refractivity contribution in [3.63, 3.8) is 0 Å². The van der Waals surface area contributed by atoms with Gasteiger partial charge in [0.25, 0.3) is 0 Å². The zero-order valence-corrected chi connectivity index (χ0v) is 13.4. The first-order chi connectivity index (χ1) is 10.7. The first-order valence-corrected chi connectivity index (χ1v) is 7.68. The second kappa shape index (κ2) is 7.72. The van der Waals surface area contributed by atoms with Crippen molar-refractivity contribution in [1.29, 1.82) is 0 Å². The minimum atomic E-state index is -0.623. The number of hydrogen-bond donors (Lipinski definition) is 0. The molecule has 1 aromatic carbocycles. The molecule has 5 heteroatoms. The minimum Gasteiger partial charge on any atom is -0.497 e. The van der Waals surface area contributed by atoms with Crippen LogP contribution in [0.4, 0.5) is 0 Å². The van der Waals surface area contributed by atoms with E-state index in [9.17, 15) is 4.79 Å². The molecule has 0 N–H and O–H groups in total. The molecule has 0 spiro atoms. The lowest BCUT2D eigenvalue weighted by atomic mass is 10.1. The van der Waals surface area contributed by atoms with E-state index in [1.807, 2.05) is 38.1 Å². The van der Waals surface area contributed by atoms with Gasteiger partial charge in [-0.25, -0.2) is 0 Å². The average Bonchev–Trinajstić information content (AvgIpc) is 3.01. The summed E-state index contributed by atoms with van der Waals surface area (Å²) in [5, 5.41) is 0. The smallest absolute Gasteiger partial charge is 0.168 e. The van der Waals surface area contributed by atoms with Gasteiger partial charge in [-0.3, -0.25) is 0 Å². The highest BCUT2D eigenvalue weighted by Gasteiger charge is 2.42. The van der Waals surface area contributed by atoms with Gasteiger partial charge in [0.15, 0.2) is 12.1 Å². The number of carbonyl (C=O) groups is 1. The number of rotatable bonds is 8. The molecule has 0 bridgehead atoms. The van der Waals surface area contributed by atoms with Gasteiger partial charge in [0, 0.05) is 0 Å². The van der Waals surface area contributed by atoms with Crippen molar-refractivity contribution in [1.82, 2.24) is 0 Å². The quantitative estimate of drug-likeness (QED) is 0.691. The molecule has 1 aliphatic rings. The van der Waals surface area contributed by atoms with E-state index in [0.29, 0.717) is 13.2 Å². The molecule has 0 radical (unpaired) electrons. The molecule has 0 amide bonds. The molecule has 0 aliphatic carbocycles. The molecule has 1 aliphatic heterocycles. The van der Waals surface area contributed by atoms with E-state index in [4.69, 9.17) is 18.9 Å². The third-order valence-electron chi connectivity index (χ3n) is 4.06. The molecule has 2 atom stereocenters. The first-order valence-electron chi connectivity index (χ1n) is 7.68. The topological polar surface area (TPSA) is 54.0 Å². The fourth-order valence-electron chi connectivity index (χ4n) is 2.51. The highest BCUT2D eigenvalue weighted by Crippen LogP contribution is 2.31. The molecule has 1 saturated heterocycles. The van der Waals surface area contributed by atoms with Gasteiger partial charge in [0.2, 0.25) is 0 Å². The number of methoxy groups -OCH3 is 1. The lowest BCUT2D eigenvalue weighted by molar-refractivity contribution is -0.185. The van der Waals surface area contributed by atoms with E-state index in [1.165, 1.54) is 0 Å². The Morgan fingerprint density at radius 2 is 2.00 bits per heavy atom. The number of benzene rings is 1. The van der Waals surface area contributed by atoms with Crippen LogP contribution in [-0.4, -0.2) is 38.0 Å². The standard InChI is InChI=1S/C17H24O5/c1-4-17(5-2)21-12-16(22-17)15(10-18)20-11-13-6-8-14(19-3)9-7-13/h6-10,15-16H,4-5,11-12H2,1-3H3/t15-,16-/m0/s1. The Morgan fingerprint density at radius 3 is 2.50 bits per heavy atom. The van der Waals surface area contributed by atoms with Gasteiger partial charge in [0.1, 0.15) is 18.0 Å². The Bertz CT molecular complexity index is 466. The Balaban J connectivity index is 1.91. The molecule has 2 rings (SSSR count). The van der Waals surface area contributed by atoms with Crippen molar-refractivity contribution in [3.05, 3.63) is 29.8 Å². The predicted octanol–water partition coefficient (Wildman–Crippen LogP) is 2.71. The molecular formula is C17H24O5. The molecule has 22 heavy (non-hydrogen) atoms. The molecule has 0 aromatic heterocycles. The third kappa shape index (κ3) is 3.85. The van der Waals surface area contributed by atoms with Gasteiger partial charge in [-0.05, 0) is 30.5 Å². The summed E-state index contributed by atoms with van der Waals surface area (Å²) in [7, 11) is 1.62. The molecule has 0 saturated carbocycles. The van der Waals surface area contributed by atoms with Gasteiger partial charge in [-0.1, -0.05) is 26.0 Å². The zero-order valence-electron chi connectivity index (χ0n) is 13.4. The van der Waals surface area contributed by atoms with Gasteiger partial charge >= 0.3 is 0 Å². The molecule has 1 aromatic rings. The highest BCUT2D eigenvalue weighted by atomic mass is 16.8. The van der Waals surface area contributed by atoms with Crippen LogP contribution >= 0.6 is 0 Å². The van der Waals surface area contributed by atoms with Crippen molar-refractivity contribution in [3.8, 4) is 5.75 Å². The normalized spacial score (nSPS) is 21.5. The van der Waals surface area contributed by atoms with Crippen LogP contribution < -0.4 is 4.74 Å². The van der Waals surface area contributed by atoms with Crippen LogP contribution in [0.5, 0.6) is 5.75 Å². The summed E-state index contributed by atoms with van der Waals surface area (Å²) < 4.78 is 22.5. The Hall–Kier alpha value is -1.43. The maximum absolute atomic E-state index is 11.3. The second-order valence-corrected chi connectivity index (χ2v) is 5.34. The summed E-state index contributed by atoms with van der Waals surface area (Å²) >= 11 is 0. The van der Waals surface area contributed by atoms with Crippen LogP contribution in [0.1, 0.15) is 32.3 Å². The summed E-state index contributed by atoms with van der Waals surface area (Å²) in [4.78, 5) is 11.3. The number of ether oxygens (including phenoxy) is 4. The summed E-state index contributed by atoms with van der Waals surface area (Å²) in [6.45, 7) is 4.76. The lowest BCUT2D eigenvalue weighted by Crippen LogP contribution is -2.35. The Kier molecular flexibility index (Phi) is 5.94. The van der Waals surface area contributed by atoms with Crippen LogP contribution in [0.15, 0.2) is 24.3 Å². The van der Waals surface area contributed by atoms with Crippen molar-refractivity contribution < 1.29 is 23.7 Å². The molecule has 5 nitrogen and oxygen atoms in total. The van der Waals surface area contributed by atoms with Crippen molar-refractivity contribution in [2.75, 3.05) is 13.7 Å². The van der Waals surface area contributed by atoms with Crippen molar-refractivity contribution in [2.24, 2.45) is 0 Å². The van der Waals surface area contributed by atoms with Gasteiger partial charge < -0.3 is 23.7 Å². The van der Waals surface area contributed by atoms with Crippen LogP contribution in [0, 0.1) is 0 Å². The molecule has 1 heterocycles. The SMILES string of the molecule is CCC1(CC)OC[C@@H]([C@H](C=O)OCc2ccc(OC)cc2)O1. The molecule has 1 fully saturated rings. The van der Waals surface area contributed by atoms with Crippen molar-refractivity contribution >= 4 is 6.29 Å².